The van der Waals surface area contributed by atoms with Crippen LogP contribution >= 0.6 is 23.2 Å². The first kappa shape index (κ1) is 23.0. The van der Waals surface area contributed by atoms with Gasteiger partial charge in [-0.2, -0.15) is 4.31 Å². The topological polar surface area (TPSA) is 66.4 Å². The summed E-state index contributed by atoms with van der Waals surface area (Å²) in [7, 11) is -3.72. The first-order valence-corrected chi connectivity index (χ1v) is 12.5. The van der Waals surface area contributed by atoms with Crippen LogP contribution in [0.2, 0.25) is 10.0 Å². The molecule has 0 bridgehead atoms. The quantitative estimate of drug-likeness (QED) is 0.520. The lowest BCUT2D eigenvalue weighted by atomic mass is 9.99. The molecule has 2 aromatic carbocycles. The van der Waals surface area contributed by atoms with Gasteiger partial charge in [-0.1, -0.05) is 35.3 Å². The number of hydrogen-bond donors (Lipinski definition) is 0. The molecule has 0 aliphatic carbocycles. The Bertz CT molecular complexity index is 1260. The first-order chi connectivity index (χ1) is 15.2. The maximum Gasteiger partial charge on any atom is 0.244 e. The number of halogens is 2. The van der Waals surface area contributed by atoms with Crippen molar-refractivity contribution in [1.29, 1.82) is 0 Å². The Hall–Kier alpha value is -2.19. The summed E-state index contributed by atoms with van der Waals surface area (Å²) in [5.41, 5.74) is 5.53. The fraction of sp³-hybridized carbons (Fsp3) is 0.304. The van der Waals surface area contributed by atoms with Gasteiger partial charge in [-0.05, 0) is 67.8 Å². The molecule has 3 aromatic rings. The minimum atomic E-state index is -3.72. The van der Waals surface area contributed by atoms with Gasteiger partial charge in [0.2, 0.25) is 10.0 Å². The van der Waals surface area contributed by atoms with E-state index in [4.69, 9.17) is 23.2 Å². The number of hydrogen-bond acceptors (Lipinski definition) is 5. The highest BCUT2D eigenvalue weighted by Gasteiger charge is 2.31. The van der Waals surface area contributed by atoms with Gasteiger partial charge in [0.05, 0.1) is 15.7 Å². The number of nitrogens with zero attached hydrogens (tertiary/aromatic N) is 4. The van der Waals surface area contributed by atoms with Gasteiger partial charge in [-0.15, -0.1) is 10.2 Å². The predicted molar refractivity (Wildman–Crippen MR) is 129 cm³/mol. The molecule has 2 heterocycles. The highest BCUT2D eigenvalue weighted by atomic mass is 35.5. The largest absolute Gasteiger partial charge is 0.352 e. The van der Waals surface area contributed by atoms with Crippen molar-refractivity contribution in [2.24, 2.45) is 0 Å². The molecular formula is C23H24Cl2N4O2S. The van der Waals surface area contributed by atoms with Crippen molar-refractivity contribution in [3.63, 3.8) is 0 Å². The molecule has 1 saturated heterocycles. The third kappa shape index (κ3) is 4.35. The van der Waals surface area contributed by atoms with E-state index < -0.39 is 10.0 Å². The molecule has 0 amide bonds. The molecule has 4 rings (SSSR count). The van der Waals surface area contributed by atoms with Crippen molar-refractivity contribution in [2.75, 3.05) is 31.1 Å². The molecule has 0 atom stereocenters. The Morgan fingerprint density at radius 3 is 2.19 bits per heavy atom. The minimum Gasteiger partial charge on any atom is -0.352 e. The Morgan fingerprint density at radius 2 is 1.53 bits per heavy atom. The van der Waals surface area contributed by atoms with Crippen LogP contribution in [0.3, 0.4) is 0 Å². The number of anilines is 1. The van der Waals surface area contributed by atoms with E-state index in [0.717, 1.165) is 22.6 Å². The predicted octanol–water partition coefficient (Wildman–Crippen LogP) is 4.89. The smallest absolute Gasteiger partial charge is 0.244 e. The van der Waals surface area contributed by atoms with Gasteiger partial charge in [0.25, 0.3) is 0 Å². The number of aromatic nitrogens is 2. The number of rotatable bonds is 4. The van der Waals surface area contributed by atoms with Gasteiger partial charge in [-0.3, -0.25) is 0 Å². The molecule has 9 heteroatoms. The van der Waals surface area contributed by atoms with Crippen LogP contribution in [0.4, 0.5) is 5.82 Å². The van der Waals surface area contributed by atoms with E-state index in [1.165, 1.54) is 21.5 Å². The fourth-order valence-corrected chi connectivity index (χ4v) is 6.01. The van der Waals surface area contributed by atoms with E-state index in [-0.39, 0.29) is 14.9 Å². The maximum atomic E-state index is 13.0. The lowest BCUT2D eigenvalue weighted by molar-refractivity contribution is 0.383. The first-order valence-electron chi connectivity index (χ1n) is 10.3. The zero-order valence-corrected chi connectivity index (χ0v) is 20.5. The number of benzene rings is 2. The van der Waals surface area contributed by atoms with Gasteiger partial charge >= 0.3 is 0 Å². The van der Waals surface area contributed by atoms with Crippen molar-refractivity contribution >= 4 is 39.0 Å². The third-order valence-electron chi connectivity index (χ3n) is 5.86. The van der Waals surface area contributed by atoms with Crippen LogP contribution in [-0.2, 0) is 10.0 Å². The van der Waals surface area contributed by atoms with Gasteiger partial charge in [0.1, 0.15) is 4.90 Å². The van der Waals surface area contributed by atoms with Crippen molar-refractivity contribution in [1.82, 2.24) is 14.5 Å². The van der Waals surface area contributed by atoms with E-state index in [1.54, 1.807) is 12.1 Å². The summed E-state index contributed by atoms with van der Waals surface area (Å²) in [4.78, 5) is 2.07. The van der Waals surface area contributed by atoms with Crippen LogP contribution in [-0.4, -0.2) is 49.1 Å². The Labute approximate surface area is 198 Å². The van der Waals surface area contributed by atoms with Gasteiger partial charge in [0, 0.05) is 31.7 Å². The van der Waals surface area contributed by atoms with Gasteiger partial charge in [-0.25, -0.2) is 8.42 Å². The summed E-state index contributed by atoms with van der Waals surface area (Å²) < 4.78 is 27.5. The molecule has 6 nitrogen and oxygen atoms in total. The summed E-state index contributed by atoms with van der Waals surface area (Å²) in [6.07, 6.45) is 0. The van der Waals surface area contributed by atoms with Crippen molar-refractivity contribution in [3.8, 4) is 11.3 Å². The SMILES string of the molecule is Cc1cc(C)c(-c2ccc(N3CCN(S(=O)(=O)c4cccc(Cl)c4Cl)CC3)nn2)cc1C. The third-order valence-corrected chi connectivity index (χ3v) is 8.74. The number of piperazine rings is 1. The van der Waals surface area contributed by atoms with Crippen LogP contribution in [0, 0.1) is 20.8 Å². The van der Waals surface area contributed by atoms with Crippen molar-refractivity contribution in [3.05, 3.63) is 69.2 Å². The zero-order chi connectivity index (χ0) is 23.0. The molecule has 1 aliphatic heterocycles. The second-order valence-corrected chi connectivity index (χ2v) is 10.7. The average molecular weight is 491 g/mol. The fourth-order valence-electron chi connectivity index (χ4n) is 3.85. The zero-order valence-electron chi connectivity index (χ0n) is 18.1. The van der Waals surface area contributed by atoms with Crippen molar-refractivity contribution in [2.45, 2.75) is 25.7 Å². The average Bonchev–Trinajstić information content (AvgIpc) is 2.78. The second-order valence-electron chi connectivity index (χ2n) is 7.97. The molecule has 0 radical (unpaired) electrons. The van der Waals surface area contributed by atoms with Gasteiger partial charge < -0.3 is 4.90 Å². The molecule has 0 unspecified atom stereocenters. The Balaban J connectivity index is 1.48. The van der Waals surface area contributed by atoms with Crippen LogP contribution in [0.1, 0.15) is 16.7 Å². The Kier molecular flexibility index (Phi) is 6.45. The summed E-state index contributed by atoms with van der Waals surface area (Å²) >= 11 is 12.2. The van der Waals surface area contributed by atoms with E-state index >= 15 is 0 Å². The molecule has 0 saturated carbocycles. The highest BCUT2D eigenvalue weighted by Crippen LogP contribution is 2.32. The minimum absolute atomic E-state index is 0.0352. The van der Waals surface area contributed by atoms with Gasteiger partial charge in [0.15, 0.2) is 5.82 Å². The summed E-state index contributed by atoms with van der Waals surface area (Å²) in [5.74, 6) is 0.730. The summed E-state index contributed by atoms with van der Waals surface area (Å²) in [6.45, 7) is 7.92. The number of aryl methyl sites for hydroxylation is 3. The molecular weight excluding hydrogens is 467 g/mol. The number of sulfonamides is 1. The van der Waals surface area contributed by atoms with E-state index in [1.807, 2.05) is 17.0 Å². The van der Waals surface area contributed by atoms with E-state index in [0.29, 0.717) is 26.2 Å². The standard InChI is InChI=1S/C23H24Cl2N4O2S/c1-15-13-17(3)18(14-16(15)2)20-7-8-22(27-26-20)28-9-11-29(12-10-28)32(30,31)21-6-4-5-19(24)23(21)25/h4-8,13-14H,9-12H2,1-3H3. The Morgan fingerprint density at radius 1 is 0.844 bits per heavy atom. The molecule has 32 heavy (non-hydrogen) atoms. The summed E-state index contributed by atoms with van der Waals surface area (Å²) in [6, 6.07) is 12.8. The molecule has 1 aromatic heterocycles. The normalized spacial score (nSPS) is 15.2. The van der Waals surface area contributed by atoms with E-state index in [2.05, 4.69) is 43.1 Å². The summed E-state index contributed by atoms with van der Waals surface area (Å²) in [5, 5.41) is 9.13. The maximum absolute atomic E-state index is 13.0. The van der Waals surface area contributed by atoms with Crippen LogP contribution < -0.4 is 4.90 Å². The molecule has 1 aliphatic rings. The molecule has 1 fully saturated rings. The molecule has 0 spiro atoms. The lowest BCUT2D eigenvalue weighted by Gasteiger charge is -2.34. The van der Waals surface area contributed by atoms with Crippen LogP contribution in [0.25, 0.3) is 11.3 Å². The highest BCUT2D eigenvalue weighted by molar-refractivity contribution is 7.89. The van der Waals surface area contributed by atoms with Crippen molar-refractivity contribution < 1.29 is 8.42 Å². The molecule has 168 valence electrons. The van der Waals surface area contributed by atoms with Crippen LogP contribution in [0.15, 0.2) is 47.4 Å². The second kappa shape index (κ2) is 8.98. The monoisotopic (exact) mass is 490 g/mol. The lowest BCUT2D eigenvalue weighted by Crippen LogP contribution is -2.49. The molecule has 0 N–H and O–H groups in total. The van der Waals surface area contributed by atoms with E-state index in [9.17, 15) is 8.42 Å². The van der Waals surface area contributed by atoms with Crippen LogP contribution in [0.5, 0.6) is 0 Å².